The van der Waals surface area contributed by atoms with Crippen molar-refractivity contribution in [2.24, 2.45) is 7.05 Å². The van der Waals surface area contributed by atoms with E-state index in [1.165, 1.54) is 43.3 Å². The van der Waals surface area contributed by atoms with Crippen molar-refractivity contribution in [3.63, 3.8) is 0 Å². The number of aromatic nitrogens is 4. The van der Waals surface area contributed by atoms with Gasteiger partial charge < -0.3 is 35.4 Å². The molecule has 0 spiro atoms. The van der Waals surface area contributed by atoms with Gasteiger partial charge in [0.1, 0.15) is 18.3 Å². The van der Waals surface area contributed by atoms with Gasteiger partial charge in [-0.05, 0) is 20.8 Å². The third-order valence-corrected chi connectivity index (χ3v) is 9.16. The van der Waals surface area contributed by atoms with Gasteiger partial charge in [0.15, 0.2) is 6.33 Å². The number of nitrogens with one attached hydrogen (secondary N) is 1. The Balaban J connectivity index is 1.71. The molecule has 1 aliphatic heterocycles. The Morgan fingerprint density at radius 3 is 2.32 bits per heavy atom. The molecular weight excluding hydrogens is 567 g/mol. The molecule has 210 valence electrons. The molecule has 3 rings (SSSR count). The number of aromatic amines is 1. The number of nitrogen functional groups attached to an aromatic ring is 1. The number of H-pyrrole nitrogens is 1. The quantitative estimate of drug-likeness (QED) is 0.134. The summed E-state index contributed by atoms with van der Waals surface area (Å²) in [7, 11) is -14.9. The highest BCUT2D eigenvalue weighted by Gasteiger charge is 2.49. The monoisotopic (exact) mass is 594 g/mol. The van der Waals surface area contributed by atoms with E-state index in [0.29, 0.717) is 0 Å². The molecule has 2 aromatic heterocycles. The average molecular weight is 594 g/mol. The number of ether oxygens (including phenoxy) is 1. The van der Waals surface area contributed by atoms with Crippen molar-refractivity contribution in [2.75, 3.05) is 12.3 Å². The zero-order chi connectivity index (χ0) is 28.1. The fraction of sp³-hybridized carbons (Fsp3) is 0.667. The summed E-state index contributed by atoms with van der Waals surface area (Å²) in [5, 5.41) is 20.8. The van der Waals surface area contributed by atoms with Gasteiger partial charge in [0, 0.05) is 0 Å². The molecule has 7 atom stereocenters. The van der Waals surface area contributed by atoms with Crippen LogP contribution in [-0.2, 0) is 43.1 Å². The molecule has 1 saturated heterocycles. The van der Waals surface area contributed by atoms with Crippen LogP contribution in [0.1, 0.15) is 27.0 Å². The lowest BCUT2D eigenvalue weighted by Crippen LogP contribution is -2.46. The second-order valence-corrected chi connectivity index (χ2v) is 13.4. The molecule has 0 aromatic carbocycles. The Kier molecular flexibility index (Phi) is 8.27. The van der Waals surface area contributed by atoms with Crippen LogP contribution in [0, 0.1) is 0 Å². The first kappa shape index (κ1) is 30.0. The van der Waals surface area contributed by atoms with Crippen LogP contribution >= 0.6 is 23.5 Å². The van der Waals surface area contributed by atoms with Gasteiger partial charge >= 0.3 is 29.1 Å². The number of phosphoric ester groups is 2. The summed E-state index contributed by atoms with van der Waals surface area (Å²) in [4.78, 5) is 47.5. The van der Waals surface area contributed by atoms with E-state index in [1.54, 1.807) is 0 Å². The molecule has 4 unspecified atom stereocenters. The highest BCUT2D eigenvalue weighted by molar-refractivity contribution is 7.66. The lowest BCUT2D eigenvalue weighted by Gasteiger charge is -2.24. The van der Waals surface area contributed by atoms with Gasteiger partial charge in [-0.2, -0.15) is 8.62 Å². The second kappa shape index (κ2) is 10.2. The lowest BCUT2D eigenvalue weighted by atomic mass is 10.1. The Morgan fingerprint density at radius 1 is 1.14 bits per heavy atom. The standard InChI is InChI=1S/C15H26N5O14P3/c1-15(2,3)32-36(26,27)34-37(28,29)33-35(24,25)30-5-7-9(21)10(22)13(31-7)20-6-19(4)8-11(20)17-14(16)18-12(8)23/h6-7,9-10,13,21-22H,5H2,1-4H3,(H5-,16,17,18,23,24,25,26,27,28,29)/p+1/t7-,9?,10+,13-/m1/s1. The third kappa shape index (κ3) is 7.30. The number of nitrogens with two attached hydrogens (primary N) is 1. The van der Waals surface area contributed by atoms with E-state index in [0.717, 1.165) is 0 Å². The van der Waals surface area contributed by atoms with Gasteiger partial charge in [-0.25, -0.2) is 18.3 Å². The average Bonchev–Trinajstić information content (AvgIpc) is 3.13. The molecule has 0 saturated carbocycles. The molecule has 0 bridgehead atoms. The van der Waals surface area contributed by atoms with Crippen LogP contribution in [0.15, 0.2) is 11.1 Å². The molecule has 1 aliphatic rings. The first-order valence-corrected chi connectivity index (χ1v) is 14.7. The minimum absolute atomic E-state index is 0.0120. The molecule has 3 heterocycles. The van der Waals surface area contributed by atoms with Crippen LogP contribution in [0.4, 0.5) is 5.95 Å². The smallest absolute Gasteiger partial charge is 0.387 e. The lowest BCUT2D eigenvalue weighted by molar-refractivity contribution is -0.745. The highest BCUT2D eigenvalue weighted by Crippen LogP contribution is 2.68. The first-order chi connectivity index (χ1) is 16.7. The van der Waals surface area contributed by atoms with E-state index in [-0.39, 0.29) is 17.1 Å². The Hall–Kier alpha value is -1.56. The number of aliphatic hydroxyl groups excluding tert-OH is 2. The molecule has 22 heteroatoms. The molecular formula is C15H27N5O14P3+. The number of nitrogens with zero attached hydrogens (tertiary/aromatic N) is 3. The number of aryl methyl sites for hydroxylation is 1. The van der Waals surface area contributed by atoms with Gasteiger partial charge in [-0.15, -0.1) is 0 Å². The van der Waals surface area contributed by atoms with Crippen LogP contribution in [0.3, 0.4) is 0 Å². The number of fused-ring (bicyclic) bond motifs is 1. The minimum Gasteiger partial charge on any atom is -0.387 e. The van der Waals surface area contributed by atoms with Crippen LogP contribution < -0.4 is 15.9 Å². The van der Waals surface area contributed by atoms with Gasteiger partial charge in [0.2, 0.25) is 11.7 Å². The highest BCUT2D eigenvalue weighted by atomic mass is 31.3. The fourth-order valence-corrected chi connectivity index (χ4v) is 7.20. The van der Waals surface area contributed by atoms with E-state index < -0.39 is 65.8 Å². The summed E-state index contributed by atoms with van der Waals surface area (Å²) in [6, 6.07) is 0. The number of phosphoric acid groups is 3. The molecule has 19 nitrogen and oxygen atoms in total. The van der Waals surface area contributed by atoms with Crippen molar-refractivity contribution in [3.8, 4) is 0 Å². The Bertz CT molecular complexity index is 1370. The maximum atomic E-state index is 12.2. The largest absolute Gasteiger partial charge is 0.490 e. The predicted molar refractivity (Wildman–Crippen MR) is 120 cm³/mol. The minimum atomic E-state index is -5.69. The zero-order valence-corrected chi connectivity index (χ0v) is 22.4. The van der Waals surface area contributed by atoms with Gasteiger partial charge in [-0.3, -0.25) is 23.4 Å². The number of hydrogen-bond donors (Lipinski definition) is 7. The summed E-state index contributed by atoms with van der Waals surface area (Å²) in [6.45, 7) is 3.02. The van der Waals surface area contributed by atoms with Crippen molar-refractivity contribution < 1.29 is 65.6 Å². The van der Waals surface area contributed by atoms with Gasteiger partial charge in [-0.1, -0.05) is 4.98 Å². The van der Waals surface area contributed by atoms with Crippen molar-refractivity contribution in [1.29, 1.82) is 0 Å². The number of aliphatic hydroxyl groups is 2. The summed E-state index contributed by atoms with van der Waals surface area (Å²) in [6.07, 6.45) is -4.93. The predicted octanol–water partition coefficient (Wildman–Crippen LogP) is -1.08. The van der Waals surface area contributed by atoms with Crippen LogP contribution in [0.5, 0.6) is 0 Å². The van der Waals surface area contributed by atoms with Gasteiger partial charge in [0.25, 0.3) is 11.5 Å². The maximum Gasteiger partial charge on any atom is 0.490 e. The van der Waals surface area contributed by atoms with Crippen molar-refractivity contribution in [1.82, 2.24) is 14.5 Å². The molecule has 0 amide bonds. The van der Waals surface area contributed by atoms with E-state index in [1.807, 2.05) is 0 Å². The summed E-state index contributed by atoms with van der Waals surface area (Å²) >= 11 is 0. The summed E-state index contributed by atoms with van der Waals surface area (Å²) in [5.74, 6) is -0.236. The van der Waals surface area contributed by atoms with E-state index in [2.05, 4.69) is 27.6 Å². The van der Waals surface area contributed by atoms with Crippen molar-refractivity contribution in [3.05, 3.63) is 16.7 Å². The zero-order valence-electron chi connectivity index (χ0n) is 19.8. The number of anilines is 1. The topological polar surface area (TPSA) is 279 Å². The van der Waals surface area contributed by atoms with E-state index in [9.17, 15) is 43.4 Å². The third-order valence-electron chi connectivity index (χ3n) is 4.60. The first-order valence-electron chi connectivity index (χ1n) is 10.2. The number of hydrogen-bond acceptors (Lipinski definition) is 13. The number of imidazole rings is 1. The van der Waals surface area contributed by atoms with Crippen LogP contribution in [0.2, 0.25) is 0 Å². The maximum absolute atomic E-state index is 12.2. The van der Waals surface area contributed by atoms with E-state index in [4.69, 9.17) is 10.5 Å². The van der Waals surface area contributed by atoms with Crippen LogP contribution in [-0.4, -0.2) is 69.9 Å². The summed E-state index contributed by atoms with van der Waals surface area (Å²) in [5.41, 5.74) is 3.73. The second-order valence-electron chi connectivity index (χ2n) is 8.87. The Morgan fingerprint density at radius 2 is 1.73 bits per heavy atom. The molecule has 1 fully saturated rings. The van der Waals surface area contributed by atoms with Crippen molar-refractivity contribution >= 4 is 40.6 Å². The normalized spacial score (nSPS) is 27.6. The Labute approximate surface area is 208 Å². The molecule has 0 aliphatic carbocycles. The summed E-state index contributed by atoms with van der Waals surface area (Å²) < 4.78 is 61.2. The van der Waals surface area contributed by atoms with Crippen molar-refractivity contribution in [2.45, 2.75) is 50.9 Å². The molecule has 37 heavy (non-hydrogen) atoms. The van der Waals surface area contributed by atoms with Gasteiger partial charge in [0.05, 0.1) is 19.3 Å². The molecule has 2 aromatic rings. The van der Waals surface area contributed by atoms with E-state index >= 15 is 0 Å². The molecule has 8 N–H and O–H groups in total. The SMILES string of the molecule is Cn1c[n+]([C@@H]2O[C@H](COP(=O)(O)OP(=O)(O)OP(=O)(O)OC(C)(C)C)C(O)[C@@H]2O)c2nc(N)[nH]c(=O)c21. The molecule has 0 radical (unpaired) electrons. The number of rotatable bonds is 9. The fourth-order valence-electron chi connectivity index (χ4n) is 3.38. The van der Waals surface area contributed by atoms with Crippen LogP contribution in [0.25, 0.3) is 11.2 Å².